The lowest BCUT2D eigenvalue weighted by molar-refractivity contribution is -0.126. The molecule has 3 rings (SSSR count). The number of carbonyl (C=O) groups excluding carboxylic acids is 1. The first kappa shape index (κ1) is 14.5. The minimum atomic E-state index is -0.270. The van der Waals surface area contributed by atoms with Crippen LogP contribution in [0.4, 0.5) is 0 Å². The number of likely N-dealkylation sites (tertiary alicyclic amines) is 1. The molecule has 6 heteroatoms. The fraction of sp³-hybridized carbons (Fsp3) is 0.769. The molecule has 1 spiro atoms. The van der Waals surface area contributed by atoms with E-state index in [1.807, 2.05) is 51.9 Å². The van der Waals surface area contributed by atoms with Crippen LogP contribution in [-0.4, -0.2) is 42.6 Å². The molecule has 106 valence electrons. The molecule has 0 radical (unpaired) electrons. The van der Waals surface area contributed by atoms with Crippen LogP contribution in [0, 0.1) is 5.92 Å². The molecule has 0 aliphatic carbocycles. The minimum Gasteiger partial charge on any atom is -0.293 e. The number of carbonyl (C=O) groups is 1. The van der Waals surface area contributed by atoms with E-state index in [9.17, 15) is 4.79 Å². The van der Waals surface area contributed by atoms with Crippen LogP contribution >= 0.6 is 47.0 Å². The summed E-state index contributed by atoms with van der Waals surface area (Å²) < 4.78 is -0.00725. The molecule has 2 nitrogen and oxygen atoms in total. The van der Waals surface area contributed by atoms with Crippen LogP contribution < -0.4 is 0 Å². The Morgan fingerprint density at radius 1 is 1.16 bits per heavy atom. The van der Waals surface area contributed by atoms with E-state index in [0.717, 1.165) is 28.7 Å². The standard InChI is InChI=1S/C13H19NOS4/c1-9-10(2)14(12-16-5-3-6-17-12)11(15)13(9)18-7-4-8-19-13/h9,12H,2-8H2,1H3. The third-order valence-corrected chi connectivity index (χ3v) is 10.3. The van der Waals surface area contributed by atoms with E-state index in [0.29, 0.717) is 5.91 Å². The lowest BCUT2D eigenvalue weighted by Crippen LogP contribution is -2.41. The maximum atomic E-state index is 13.0. The monoisotopic (exact) mass is 333 g/mol. The summed E-state index contributed by atoms with van der Waals surface area (Å²) in [6, 6.07) is 0. The van der Waals surface area contributed by atoms with Crippen LogP contribution in [0.3, 0.4) is 0 Å². The van der Waals surface area contributed by atoms with E-state index in [1.165, 1.54) is 12.8 Å². The third-order valence-electron chi connectivity index (χ3n) is 3.84. The van der Waals surface area contributed by atoms with Crippen molar-refractivity contribution in [3.63, 3.8) is 0 Å². The van der Waals surface area contributed by atoms with Crippen LogP contribution in [0.25, 0.3) is 0 Å². The van der Waals surface area contributed by atoms with Crippen molar-refractivity contribution in [1.82, 2.24) is 4.90 Å². The molecule has 3 saturated heterocycles. The van der Waals surface area contributed by atoms with Gasteiger partial charge < -0.3 is 0 Å². The first-order valence-corrected chi connectivity index (χ1v) is 10.8. The van der Waals surface area contributed by atoms with Crippen LogP contribution in [0.1, 0.15) is 19.8 Å². The summed E-state index contributed by atoms with van der Waals surface area (Å²) >= 11 is 7.52. The third kappa shape index (κ3) is 2.36. The predicted octanol–water partition coefficient (Wildman–Crippen LogP) is 3.70. The number of hydrogen-bond donors (Lipinski definition) is 0. The number of nitrogens with zero attached hydrogens (tertiary/aromatic N) is 1. The first-order chi connectivity index (χ1) is 9.17. The Balaban J connectivity index is 1.86. The largest absolute Gasteiger partial charge is 0.293 e. The van der Waals surface area contributed by atoms with Gasteiger partial charge in [-0.05, 0) is 35.9 Å². The highest BCUT2D eigenvalue weighted by Crippen LogP contribution is 2.57. The predicted molar refractivity (Wildman–Crippen MR) is 90.7 cm³/mol. The molecule has 19 heavy (non-hydrogen) atoms. The molecule has 3 aliphatic heterocycles. The van der Waals surface area contributed by atoms with E-state index < -0.39 is 0 Å². The van der Waals surface area contributed by atoms with Crippen molar-refractivity contribution in [1.29, 1.82) is 0 Å². The van der Waals surface area contributed by atoms with Crippen molar-refractivity contribution in [2.24, 2.45) is 5.92 Å². The molecular weight excluding hydrogens is 314 g/mol. The Labute approximate surface area is 132 Å². The van der Waals surface area contributed by atoms with Crippen LogP contribution in [0.15, 0.2) is 12.3 Å². The Morgan fingerprint density at radius 2 is 1.74 bits per heavy atom. The van der Waals surface area contributed by atoms with Gasteiger partial charge in [-0.3, -0.25) is 9.69 Å². The highest BCUT2D eigenvalue weighted by atomic mass is 32.2. The van der Waals surface area contributed by atoms with Crippen LogP contribution in [-0.2, 0) is 4.79 Å². The molecule has 3 aliphatic rings. The van der Waals surface area contributed by atoms with Gasteiger partial charge in [0.2, 0.25) is 0 Å². The fourth-order valence-corrected chi connectivity index (χ4v) is 9.03. The zero-order valence-corrected chi connectivity index (χ0v) is 14.4. The van der Waals surface area contributed by atoms with Crippen molar-refractivity contribution in [3.05, 3.63) is 12.3 Å². The van der Waals surface area contributed by atoms with Crippen LogP contribution in [0.5, 0.6) is 0 Å². The summed E-state index contributed by atoms with van der Waals surface area (Å²) in [5.41, 5.74) is 1.04. The van der Waals surface area contributed by atoms with Gasteiger partial charge in [-0.1, -0.05) is 13.5 Å². The Kier molecular flexibility index (Phi) is 4.42. The van der Waals surface area contributed by atoms with Crippen LogP contribution in [0.2, 0.25) is 0 Å². The van der Waals surface area contributed by atoms with Crippen molar-refractivity contribution < 1.29 is 4.79 Å². The van der Waals surface area contributed by atoms with E-state index >= 15 is 0 Å². The van der Waals surface area contributed by atoms with Gasteiger partial charge in [-0.25, -0.2) is 0 Å². The second-order valence-corrected chi connectivity index (χ2v) is 10.6. The van der Waals surface area contributed by atoms with Crippen molar-refractivity contribution in [2.75, 3.05) is 23.0 Å². The number of allylic oxidation sites excluding steroid dienone is 1. The number of amides is 1. The van der Waals surface area contributed by atoms with Crippen molar-refractivity contribution in [3.8, 4) is 0 Å². The van der Waals surface area contributed by atoms with Crippen molar-refractivity contribution in [2.45, 2.75) is 28.6 Å². The molecule has 0 aromatic carbocycles. The maximum absolute atomic E-state index is 13.0. The fourth-order valence-electron chi connectivity index (χ4n) is 2.69. The SMILES string of the molecule is C=C1C(C)C2(SCCCS2)C(=O)N1C1SCCCS1. The van der Waals surface area contributed by atoms with Gasteiger partial charge in [0.15, 0.2) is 0 Å². The molecule has 0 aromatic heterocycles. The van der Waals surface area contributed by atoms with Gasteiger partial charge in [0.05, 0.1) is 0 Å². The molecule has 1 amide bonds. The summed E-state index contributed by atoms with van der Waals surface area (Å²) in [5, 5.41) is 0. The molecule has 0 saturated carbocycles. The van der Waals surface area contributed by atoms with E-state index in [-0.39, 0.29) is 14.7 Å². The lowest BCUT2D eigenvalue weighted by atomic mass is 10.1. The van der Waals surface area contributed by atoms with E-state index in [1.54, 1.807) is 0 Å². The Hall–Kier alpha value is 0.610. The molecule has 0 N–H and O–H groups in total. The Morgan fingerprint density at radius 3 is 2.37 bits per heavy atom. The van der Waals surface area contributed by atoms with Gasteiger partial charge in [0.1, 0.15) is 8.78 Å². The number of hydrogen-bond acceptors (Lipinski definition) is 5. The lowest BCUT2D eigenvalue weighted by Gasteiger charge is -2.34. The number of thioether (sulfide) groups is 4. The summed E-state index contributed by atoms with van der Waals surface area (Å²) in [4.78, 5) is 15.0. The quantitative estimate of drug-likeness (QED) is 0.727. The minimum absolute atomic E-state index is 0.262. The van der Waals surface area contributed by atoms with E-state index in [4.69, 9.17) is 0 Å². The second kappa shape index (κ2) is 5.78. The molecule has 0 bridgehead atoms. The average molecular weight is 334 g/mol. The summed E-state index contributed by atoms with van der Waals surface area (Å²) in [5.74, 6) is 5.11. The zero-order chi connectivity index (χ0) is 13.5. The maximum Gasteiger partial charge on any atom is 0.255 e. The van der Waals surface area contributed by atoms with Gasteiger partial charge in [0, 0.05) is 11.6 Å². The molecule has 1 atom stereocenters. The topological polar surface area (TPSA) is 20.3 Å². The summed E-state index contributed by atoms with van der Waals surface area (Å²) in [6.45, 7) is 6.43. The smallest absolute Gasteiger partial charge is 0.255 e. The normalized spacial score (nSPS) is 32.3. The molecular formula is C13H19NOS4. The highest BCUT2D eigenvalue weighted by molar-refractivity contribution is 8.20. The van der Waals surface area contributed by atoms with Gasteiger partial charge in [-0.15, -0.1) is 47.0 Å². The first-order valence-electron chi connectivity index (χ1n) is 6.70. The summed E-state index contributed by atoms with van der Waals surface area (Å²) in [6.07, 6.45) is 2.47. The van der Waals surface area contributed by atoms with Gasteiger partial charge in [0.25, 0.3) is 5.91 Å². The second-order valence-electron chi connectivity index (χ2n) is 5.01. The molecule has 3 fully saturated rings. The molecule has 0 aromatic rings. The van der Waals surface area contributed by atoms with Crippen molar-refractivity contribution >= 4 is 53.0 Å². The molecule has 3 heterocycles. The summed E-state index contributed by atoms with van der Waals surface area (Å²) in [7, 11) is 0. The molecule has 1 unspecified atom stereocenters. The zero-order valence-electron chi connectivity index (χ0n) is 11.1. The van der Waals surface area contributed by atoms with Gasteiger partial charge in [-0.2, -0.15) is 0 Å². The number of rotatable bonds is 1. The Bertz CT molecular complexity index is 388. The highest BCUT2D eigenvalue weighted by Gasteiger charge is 2.57. The van der Waals surface area contributed by atoms with E-state index in [2.05, 4.69) is 13.5 Å². The van der Waals surface area contributed by atoms with Gasteiger partial charge >= 0.3 is 0 Å². The average Bonchev–Trinajstić information content (AvgIpc) is 2.63.